The van der Waals surface area contributed by atoms with Gasteiger partial charge >= 0.3 is 6.09 Å². The van der Waals surface area contributed by atoms with Gasteiger partial charge in [0.05, 0.1) is 12.3 Å². The van der Waals surface area contributed by atoms with Crippen molar-refractivity contribution in [1.82, 2.24) is 4.98 Å². The van der Waals surface area contributed by atoms with Crippen LogP contribution in [0.1, 0.15) is 45.7 Å². The summed E-state index contributed by atoms with van der Waals surface area (Å²) >= 11 is 1.96. The van der Waals surface area contributed by atoms with Crippen molar-refractivity contribution >= 4 is 29.4 Å². The Hall–Kier alpha value is -1.51. The van der Waals surface area contributed by atoms with Crippen molar-refractivity contribution in [3.8, 4) is 0 Å². The summed E-state index contributed by atoms with van der Waals surface area (Å²) in [6, 6.07) is 3.94. The first-order chi connectivity index (χ1) is 13.4. The van der Waals surface area contributed by atoms with Crippen LogP contribution in [-0.2, 0) is 20.8 Å². The molecule has 0 aromatic carbocycles. The van der Waals surface area contributed by atoms with E-state index in [2.05, 4.69) is 15.2 Å². The quantitative estimate of drug-likeness (QED) is 0.787. The largest absolute Gasteiger partial charge is 0.444 e. The van der Waals surface area contributed by atoms with Gasteiger partial charge in [0.2, 0.25) is 0 Å². The van der Waals surface area contributed by atoms with E-state index in [0.717, 1.165) is 61.8 Å². The van der Waals surface area contributed by atoms with Crippen LogP contribution in [0.3, 0.4) is 0 Å². The molecule has 1 amide bonds. The Morgan fingerprint density at radius 3 is 2.79 bits per heavy atom. The Balaban J connectivity index is 1.72. The minimum atomic E-state index is -0.559. The molecule has 7 nitrogen and oxygen atoms in total. The number of carbonyl (C=O) groups excluding carboxylic acids is 1. The SMILES string of the molecule is CC(C)(C)OC(=O)Nc1cc(N2CCSCC2)cc(COC2CCCCO2)n1. The minimum absolute atomic E-state index is 0.173. The zero-order chi connectivity index (χ0) is 20.0. The summed E-state index contributed by atoms with van der Waals surface area (Å²) in [7, 11) is 0. The normalized spacial score (nSPS) is 20.7. The summed E-state index contributed by atoms with van der Waals surface area (Å²) in [5.74, 6) is 2.67. The number of rotatable bonds is 5. The molecule has 28 heavy (non-hydrogen) atoms. The van der Waals surface area contributed by atoms with E-state index < -0.39 is 11.7 Å². The van der Waals surface area contributed by atoms with Crippen molar-refractivity contribution in [1.29, 1.82) is 0 Å². The Labute approximate surface area is 171 Å². The average molecular weight is 410 g/mol. The van der Waals surface area contributed by atoms with Crippen LogP contribution in [0.4, 0.5) is 16.3 Å². The fourth-order valence-corrected chi connectivity index (χ4v) is 4.05. The van der Waals surface area contributed by atoms with Crippen molar-refractivity contribution in [3.05, 3.63) is 17.8 Å². The number of aromatic nitrogens is 1. The van der Waals surface area contributed by atoms with Crippen molar-refractivity contribution < 1.29 is 19.0 Å². The van der Waals surface area contributed by atoms with E-state index in [0.29, 0.717) is 12.4 Å². The van der Waals surface area contributed by atoms with Gasteiger partial charge in [-0.3, -0.25) is 5.32 Å². The highest BCUT2D eigenvalue weighted by Crippen LogP contribution is 2.25. The number of amides is 1. The third-order valence-electron chi connectivity index (χ3n) is 4.42. The van der Waals surface area contributed by atoms with Crippen LogP contribution in [0.25, 0.3) is 0 Å². The second-order valence-corrected chi connectivity index (χ2v) is 9.26. The predicted octanol–water partition coefficient (Wildman–Crippen LogP) is 4.03. The monoisotopic (exact) mass is 409 g/mol. The fraction of sp³-hybridized carbons (Fsp3) is 0.700. The first-order valence-electron chi connectivity index (χ1n) is 9.96. The van der Waals surface area contributed by atoms with Crippen LogP contribution in [0.15, 0.2) is 12.1 Å². The Morgan fingerprint density at radius 2 is 2.11 bits per heavy atom. The summed E-state index contributed by atoms with van der Waals surface area (Å²) in [6.07, 6.45) is 2.44. The maximum atomic E-state index is 12.2. The molecular formula is C20H31N3O4S. The summed E-state index contributed by atoms with van der Waals surface area (Å²) in [5, 5.41) is 2.77. The van der Waals surface area contributed by atoms with E-state index in [-0.39, 0.29) is 6.29 Å². The molecule has 3 rings (SSSR count). The van der Waals surface area contributed by atoms with Gasteiger partial charge in [-0.1, -0.05) is 0 Å². The molecule has 156 valence electrons. The number of nitrogens with zero attached hydrogens (tertiary/aromatic N) is 2. The third-order valence-corrected chi connectivity index (χ3v) is 5.37. The number of pyridine rings is 1. The van der Waals surface area contributed by atoms with Crippen molar-refractivity contribution in [2.45, 2.75) is 58.5 Å². The highest BCUT2D eigenvalue weighted by atomic mass is 32.2. The van der Waals surface area contributed by atoms with Gasteiger partial charge in [-0.2, -0.15) is 11.8 Å². The van der Waals surface area contributed by atoms with Crippen LogP contribution in [0.5, 0.6) is 0 Å². The summed E-state index contributed by atoms with van der Waals surface area (Å²) in [6.45, 7) is 8.57. The maximum absolute atomic E-state index is 12.2. The van der Waals surface area contributed by atoms with Gasteiger partial charge in [0.15, 0.2) is 6.29 Å². The van der Waals surface area contributed by atoms with E-state index in [1.165, 1.54) is 0 Å². The number of anilines is 2. The van der Waals surface area contributed by atoms with Crippen LogP contribution in [0.2, 0.25) is 0 Å². The molecule has 0 aliphatic carbocycles. The van der Waals surface area contributed by atoms with E-state index >= 15 is 0 Å². The molecular weight excluding hydrogens is 378 g/mol. The third kappa shape index (κ3) is 6.83. The molecule has 1 aromatic rings. The lowest BCUT2D eigenvalue weighted by Crippen LogP contribution is -2.33. The smallest absolute Gasteiger partial charge is 0.413 e. The lowest BCUT2D eigenvalue weighted by atomic mass is 10.2. The van der Waals surface area contributed by atoms with Crippen LogP contribution in [0, 0.1) is 0 Å². The number of nitrogens with one attached hydrogen (secondary N) is 1. The van der Waals surface area contributed by atoms with Crippen LogP contribution >= 0.6 is 11.8 Å². The first kappa shape index (κ1) is 21.2. The lowest BCUT2D eigenvalue weighted by molar-refractivity contribution is -0.169. The Morgan fingerprint density at radius 1 is 1.32 bits per heavy atom. The van der Waals surface area contributed by atoms with Crippen LogP contribution in [-0.4, -0.2) is 54.2 Å². The maximum Gasteiger partial charge on any atom is 0.413 e. The predicted molar refractivity (Wildman–Crippen MR) is 112 cm³/mol. The Bertz CT molecular complexity index is 653. The highest BCUT2D eigenvalue weighted by Gasteiger charge is 2.20. The van der Waals surface area contributed by atoms with Crippen LogP contribution < -0.4 is 10.2 Å². The number of hydrogen-bond donors (Lipinski definition) is 1. The van der Waals surface area contributed by atoms with Gasteiger partial charge < -0.3 is 19.1 Å². The molecule has 0 radical (unpaired) electrons. The highest BCUT2D eigenvalue weighted by molar-refractivity contribution is 7.99. The molecule has 0 saturated carbocycles. The molecule has 2 saturated heterocycles. The zero-order valence-electron chi connectivity index (χ0n) is 17.0. The molecule has 2 aliphatic heterocycles. The van der Waals surface area contributed by atoms with E-state index in [4.69, 9.17) is 14.2 Å². The van der Waals surface area contributed by atoms with Gasteiger partial charge in [0.25, 0.3) is 0 Å². The van der Waals surface area contributed by atoms with Crippen molar-refractivity contribution in [2.75, 3.05) is 41.4 Å². The van der Waals surface area contributed by atoms with Crippen molar-refractivity contribution in [2.24, 2.45) is 0 Å². The van der Waals surface area contributed by atoms with Gasteiger partial charge in [0.1, 0.15) is 11.4 Å². The number of carbonyl (C=O) groups is 1. The van der Waals surface area contributed by atoms with Gasteiger partial charge in [-0.25, -0.2) is 9.78 Å². The Kier molecular flexibility index (Phi) is 7.42. The summed E-state index contributed by atoms with van der Waals surface area (Å²) in [4.78, 5) is 19.1. The van der Waals surface area contributed by atoms with E-state index in [1.54, 1.807) is 0 Å². The standard InChI is InChI=1S/C20H31N3O4S/c1-20(2,3)27-19(24)22-17-13-16(23-7-10-28-11-8-23)12-15(21-17)14-26-18-6-4-5-9-25-18/h12-13,18H,4-11,14H2,1-3H3,(H,21,22,24). The molecule has 1 unspecified atom stereocenters. The van der Waals surface area contributed by atoms with Gasteiger partial charge in [-0.05, 0) is 46.1 Å². The lowest BCUT2D eigenvalue weighted by Gasteiger charge is -2.29. The molecule has 1 atom stereocenters. The van der Waals surface area contributed by atoms with E-state index in [1.807, 2.05) is 44.7 Å². The first-order valence-corrected chi connectivity index (χ1v) is 11.1. The van der Waals surface area contributed by atoms with E-state index in [9.17, 15) is 4.79 Å². The molecule has 1 N–H and O–H groups in total. The van der Waals surface area contributed by atoms with Gasteiger partial charge in [0, 0.05) is 43.0 Å². The molecule has 8 heteroatoms. The number of ether oxygens (including phenoxy) is 3. The second-order valence-electron chi connectivity index (χ2n) is 8.04. The molecule has 1 aromatic heterocycles. The minimum Gasteiger partial charge on any atom is -0.444 e. The summed E-state index contributed by atoms with van der Waals surface area (Å²) in [5.41, 5.74) is 1.26. The molecule has 2 fully saturated rings. The average Bonchev–Trinajstić information content (AvgIpc) is 2.66. The molecule has 0 spiro atoms. The molecule has 3 heterocycles. The zero-order valence-corrected chi connectivity index (χ0v) is 17.8. The fourth-order valence-electron chi connectivity index (χ4n) is 3.14. The molecule has 2 aliphatic rings. The second kappa shape index (κ2) is 9.80. The topological polar surface area (TPSA) is 72.9 Å². The number of thioether (sulfide) groups is 1. The number of hydrogen-bond acceptors (Lipinski definition) is 7. The molecule has 0 bridgehead atoms. The van der Waals surface area contributed by atoms with Crippen molar-refractivity contribution in [3.63, 3.8) is 0 Å². The van der Waals surface area contributed by atoms with Gasteiger partial charge in [-0.15, -0.1) is 0 Å². The summed E-state index contributed by atoms with van der Waals surface area (Å²) < 4.78 is 16.9.